The molecule has 0 unspecified atom stereocenters. The molecule has 0 N–H and O–H groups in total. The van der Waals surface area contributed by atoms with Crippen LogP contribution < -0.4 is 4.74 Å². The minimum absolute atomic E-state index is 0.00532. The Hall–Kier alpha value is -2.37. The van der Waals surface area contributed by atoms with E-state index in [2.05, 4.69) is 5.10 Å². The molecule has 1 heterocycles. The van der Waals surface area contributed by atoms with Gasteiger partial charge in [0.25, 0.3) is 0 Å². The molecule has 0 spiro atoms. The first-order valence-corrected chi connectivity index (χ1v) is 5.58. The maximum atomic E-state index is 13.4. The Morgan fingerprint density at radius 1 is 1.47 bits per heavy atom. The Bertz CT molecular complexity index is 595. The van der Waals surface area contributed by atoms with Gasteiger partial charge in [0, 0.05) is 13.2 Å². The summed E-state index contributed by atoms with van der Waals surface area (Å²) in [5.41, 5.74) is 0.909. The largest absolute Gasteiger partial charge is 0.494 e. The number of nitrogens with zero attached hydrogens (tertiary/aromatic N) is 2. The van der Waals surface area contributed by atoms with Crippen molar-refractivity contribution >= 4 is 5.97 Å². The highest BCUT2D eigenvalue weighted by molar-refractivity contribution is 5.88. The number of rotatable bonds is 4. The van der Waals surface area contributed by atoms with Crippen molar-refractivity contribution < 1.29 is 18.7 Å². The van der Waals surface area contributed by atoms with E-state index < -0.39 is 11.8 Å². The van der Waals surface area contributed by atoms with E-state index in [0.717, 1.165) is 0 Å². The zero-order valence-corrected chi connectivity index (χ0v) is 10.6. The summed E-state index contributed by atoms with van der Waals surface area (Å²) in [5.74, 6) is -0.830. The fraction of sp³-hybridized carbons (Fsp3) is 0.231. The predicted octanol–water partition coefficient (Wildman–Crippen LogP) is 1.92. The number of hydrogen-bond acceptors (Lipinski definition) is 4. The number of carbonyl (C=O) groups is 1. The van der Waals surface area contributed by atoms with Crippen molar-refractivity contribution in [1.29, 1.82) is 0 Å². The highest BCUT2D eigenvalue weighted by Crippen LogP contribution is 2.18. The molecule has 0 amide bonds. The van der Waals surface area contributed by atoms with Crippen LogP contribution in [0.1, 0.15) is 15.9 Å². The quantitative estimate of drug-likeness (QED) is 0.792. The molecule has 2 rings (SSSR count). The maximum Gasteiger partial charge on any atom is 0.341 e. The number of hydrogen-bond donors (Lipinski definition) is 0. The van der Waals surface area contributed by atoms with Gasteiger partial charge in [-0.1, -0.05) is 6.07 Å². The van der Waals surface area contributed by atoms with Crippen molar-refractivity contribution in [2.24, 2.45) is 7.05 Å². The van der Waals surface area contributed by atoms with Crippen molar-refractivity contribution in [3.8, 4) is 5.75 Å². The molecule has 6 heteroatoms. The lowest BCUT2D eigenvalue weighted by molar-refractivity contribution is 0.0472. The molecule has 19 heavy (non-hydrogen) atoms. The van der Waals surface area contributed by atoms with E-state index in [1.54, 1.807) is 19.3 Å². The van der Waals surface area contributed by atoms with Crippen molar-refractivity contribution in [3.63, 3.8) is 0 Å². The molecular weight excluding hydrogens is 251 g/mol. The molecule has 2 aromatic rings. The van der Waals surface area contributed by atoms with Gasteiger partial charge in [-0.3, -0.25) is 4.68 Å². The SMILES string of the molecule is COc1ccc(COC(=O)c2cnn(C)c2)cc1F. The summed E-state index contributed by atoms with van der Waals surface area (Å²) >= 11 is 0. The smallest absolute Gasteiger partial charge is 0.341 e. The Balaban J connectivity index is 1.99. The Labute approximate surface area is 109 Å². The van der Waals surface area contributed by atoms with Crippen molar-refractivity contribution in [3.05, 3.63) is 47.5 Å². The topological polar surface area (TPSA) is 53.4 Å². The first-order chi connectivity index (χ1) is 9.10. The fourth-order valence-corrected chi connectivity index (χ4v) is 1.56. The van der Waals surface area contributed by atoms with Crippen LogP contribution >= 0.6 is 0 Å². The van der Waals surface area contributed by atoms with Crippen LogP contribution in [-0.2, 0) is 18.4 Å². The van der Waals surface area contributed by atoms with E-state index in [0.29, 0.717) is 11.1 Å². The maximum absolute atomic E-state index is 13.4. The molecule has 100 valence electrons. The van der Waals surface area contributed by atoms with E-state index in [4.69, 9.17) is 9.47 Å². The Morgan fingerprint density at radius 3 is 2.84 bits per heavy atom. The molecule has 0 aliphatic rings. The van der Waals surface area contributed by atoms with E-state index in [1.165, 1.54) is 30.1 Å². The molecule has 0 saturated carbocycles. The second-order valence-electron chi connectivity index (χ2n) is 3.95. The first-order valence-electron chi connectivity index (χ1n) is 5.58. The summed E-state index contributed by atoms with van der Waals surface area (Å²) in [6.07, 6.45) is 2.97. The van der Waals surface area contributed by atoms with Crippen LogP contribution in [0.2, 0.25) is 0 Å². The van der Waals surface area contributed by atoms with Gasteiger partial charge in [0.15, 0.2) is 11.6 Å². The Morgan fingerprint density at radius 2 is 2.26 bits per heavy atom. The first kappa shape index (κ1) is 13.1. The van der Waals surface area contributed by atoms with Crippen LogP contribution in [0.15, 0.2) is 30.6 Å². The van der Waals surface area contributed by atoms with Gasteiger partial charge < -0.3 is 9.47 Å². The molecule has 0 bridgehead atoms. The predicted molar refractivity (Wildman–Crippen MR) is 65.3 cm³/mol. The van der Waals surface area contributed by atoms with Gasteiger partial charge >= 0.3 is 5.97 Å². The van der Waals surface area contributed by atoms with Gasteiger partial charge in [-0.05, 0) is 17.7 Å². The third-order valence-corrected chi connectivity index (χ3v) is 2.53. The lowest BCUT2D eigenvalue weighted by Gasteiger charge is -2.06. The van der Waals surface area contributed by atoms with Crippen LogP contribution in [-0.4, -0.2) is 22.9 Å². The highest BCUT2D eigenvalue weighted by atomic mass is 19.1. The second kappa shape index (κ2) is 5.51. The van der Waals surface area contributed by atoms with Crippen molar-refractivity contribution in [1.82, 2.24) is 9.78 Å². The van der Waals surface area contributed by atoms with Crippen molar-refractivity contribution in [2.75, 3.05) is 7.11 Å². The van der Waals surface area contributed by atoms with Gasteiger partial charge in [-0.25, -0.2) is 9.18 Å². The van der Waals surface area contributed by atoms with Crippen molar-refractivity contribution in [2.45, 2.75) is 6.61 Å². The molecule has 1 aromatic carbocycles. The summed E-state index contributed by atoms with van der Waals surface area (Å²) < 4.78 is 24.8. The average molecular weight is 264 g/mol. The number of halogens is 1. The molecule has 5 nitrogen and oxygen atoms in total. The molecule has 0 saturated heterocycles. The number of ether oxygens (including phenoxy) is 2. The summed E-state index contributed by atoms with van der Waals surface area (Å²) in [5, 5.41) is 3.87. The molecule has 0 aliphatic heterocycles. The van der Waals surface area contributed by atoms with Gasteiger partial charge in [0.2, 0.25) is 0 Å². The minimum atomic E-state index is -0.496. The van der Waals surface area contributed by atoms with Crippen LogP contribution in [0.5, 0.6) is 5.75 Å². The third kappa shape index (κ3) is 3.09. The van der Waals surface area contributed by atoms with Crippen LogP contribution in [0.3, 0.4) is 0 Å². The standard InChI is InChI=1S/C13H13FN2O3/c1-16-7-10(6-15-16)13(17)19-8-9-3-4-12(18-2)11(14)5-9/h3-7H,8H2,1-2H3. The third-order valence-electron chi connectivity index (χ3n) is 2.53. The Kier molecular flexibility index (Phi) is 3.79. The number of benzene rings is 1. The molecule has 1 aromatic heterocycles. The summed E-state index contributed by atoms with van der Waals surface area (Å²) in [6, 6.07) is 4.40. The number of aromatic nitrogens is 2. The zero-order valence-electron chi connectivity index (χ0n) is 10.6. The van der Waals surface area contributed by atoms with Crippen LogP contribution in [0, 0.1) is 5.82 Å². The number of esters is 1. The summed E-state index contributed by atoms with van der Waals surface area (Å²) in [4.78, 5) is 11.6. The van der Waals surface area contributed by atoms with E-state index in [-0.39, 0.29) is 12.4 Å². The van der Waals surface area contributed by atoms with Gasteiger partial charge in [-0.15, -0.1) is 0 Å². The van der Waals surface area contributed by atoms with Gasteiger partial charge in [-0.2, -0.15) is 5.10 Å². The highest BCUT2D eigenvalue weighted by Gasteiger charge is 2.10. The molecule has 0 fully saturated rings. The molecule has 0 atom stereocenters. The monoisotopic (exact) mass is 264 g/mol. The van der Waals surface area contributed by atoms with Gasteiger partial charge in [0.1, 0.15) is 6.61 Å². The van der Waals surface area contributed by atoms with E-state index in [1.807, 2.05) is 0 Å². The minimum Gasteiger partial charge on any atom is -0.494 e. The van der Waals surface area contributed by atoms with Gasteiger partial charge in [0.05, 0.1) is 18.9 Å². The lowest BCUT2D eigenvalue weighted by Crippen LogP contribution is -2.04. The molecule has 0 aliphatic carbocycles. The normalized spacial score (nSPS) is 10.3. The number of carbonyl (C=O) groups excluding carboxylic acids is 1. The van der Waals surface area contributed by atoms with E-state index >= 15 is 0 Å². The van der Waals surface area contributed by atoms with Crippen LogP contribution in [0.4, 0.5) is 4.39 Å². The van der Waals surface area contributed by atoms with E-state index in [9.17, 15) is 9.18 Å². The summed E-state index contributed by atoms with van der Waals surface area (Å²) in [7, 11) is 3.09. The summed E-state index contributed by atoms with van der Waals surface area (Å²) in [6.45, 7) is -0.00532. The fourth-order valence-electron chi connectivity index (χ4n) is 1.56. The number of methoxy groups -OCH3 is 1. The lowest BCUT2D eigenvalue weighted by atomic mass is 10.2. The number of aryl methyl sites for hydroxylation is 1. The van der Waals surface area contributed by atoms with Crippen LogP contribution in [0.25, 0.3) is 0 Å². The average Bonchev–Trinajstić information content (AvgIpc) is 2.83. The zero-order chi connectivity index (χ0) is 13.8. The molecular formula is C13H13FN2O3. The second-order valence-corrected chi connectivity index (χ2v) is 3.95. The molecule has 0 radical (unpaired) electrons.